The van der Waals surface area contributed by atoms with E-state index in [2.05, 4.69) is 44.9 Å². The third-order valence-electron chi connectivity index (χ3n) is 9.52. The highest BCUT2D eigenvalue weighted by Gasteiger charge is 2.45. The number of hydrogen-bond acceptors (Lipinski definition) is 9. The maximum Gasteiger partial charge on any atom is 0.264 e. The fraction of sp³-hybridized carbons (Fsp3) is 0.333. The largest absolute Gasteiger partial charge is 0.382 e. The first kappa shape index (κ1) is 32.2. The summed E-state index contributed by atoms with van der Waals surface area (Å²) in [5.74, 6) is -2.20. The van der Waals surface area contributed by atoms with Crippen LogP contribution in [0.1, 0.15) is 68.2 Å². The Labute approximate surface area is 282 Å². The summed E-state index contributed by atoms with van der Waals surface area (Å²) in [6.07, 6.45) is 4.29. The number of benzene rings is 3. The van der Waals surface area contributed by atoms with Gasteiger partial charge in [0.1, 0.15) is 11.6 Å². The van der Waals surface area contributed by atoms with Gasteiger partial charge in [-0.3, -0.25) is 34.2 Å². The van der Waals surface area contributed by atoms with Crippen LogP contribution in [-0.4, -0.2) is 94.6 Å². The van der Waals surface area contributed by atoms with Crippen molar-refractivity contribution in [2.24, 2.45) is 5.73 Å². The van der Waals surface area contributed by atoms with Gasteiger partial charge in [0, 0.05) is 43.3 Å². The van der Waals surface area contributed by atoms with Crippen molar-refractivity contribution in [2.45, 2.75) is 37.6 Å². The lowest BCUT2D eigenvalue weighted by Gasteiger charge is -2.33. The van der Waals surface area contributed by atoms with Crippen LogP contribution in [0.25, 0.3) is 16.6 Å². The lowest BCUT2D eigenvalue weighted by atomic mass is 9.90. The fourth-order valence-electron chi connectivity index (χ4n) is 7.02. The monoisotopic (exact) mass is 663 g/mol. The van der Waals surface area contributed by atoms with Crippen LogP contribution in [0.3, 0.4) is 0 Å². The molecule has 4 heterocycles. The van der Waals surface area contributed by atoms with E-state index in [0.29, 0.717) is 42.4 Å². The molecule has 2 saturated heterocycles. The van der Waals surface area contributed by atoms with Crippen LogP contribution in [0.5, 0.6) is 0 Å². The van der Waals surface area contributed by atoms with Crippen LogP contribution in [0.4, 0.5) is 5.69 Å². The van der Waals surface area contributed by atoms with Gasteiger partial charge in [0.15, 0.2) is 0 Å². The smallest absolute Gasteiger partial charge is 0.264 e. The number of nitrogens with two attached hydrogens (primary N) is 1. The summed E-state index contributed by atoms with van der Waals surface area (Å²) < 4.78 is 7.71. The topological polar surface area (TPSA) is 169 Å². The van der Waals surface area contributed by atoms with Gasteiger partial charge in [-0.2, -0.15) is 5.10 Å². The van der Waals surface area contributed by atoms with E-state index < -0.39 is 35.6 Å². The number of aromatic nitrogens is 2. The molecule has 13 nitrogen and oxygen atoms in total. The number of carbonyl (C=O) groups is 5. The van der Waals surface area contributed by atoms with Crippen LogP contribution >= 0.6 is 0 Å². The molecule has 49 heavy (non-hydrogen) atoms. The van der Waals surface area contributed by atoms with Gasteiger partial charge in [-0.15, -0.1) is 0 Å². The summed E-state index contributed by atoms with van der Waals surface area (Å²) in [7, 11) is 0. The maximum absolute atomic E-state index is 13.3. The van der Waals surface area contributed by atoms with Gasteiger partial charge in [0.2, 0.25) is 11.8 Å². The van der Waals surface area contributed by atoms with Gasteiger partial charge in [-0.1, -0.05) is 30.3 Å². The minimum absolute atomic E-state index is 0.0739. The molecular weight excluding hydrogens is 626 g/mol. The van der Waals surface area contributed by atoms with Crippen LogP contribution in [0.15, 0.2) is 66.9 Å². The maximum atomic E-state index is 13.3. The lowest BCUT2D eigenvalue weighted by molar-refractivity contribution is -0.136. The summed E-state index contributed by atoms with van der Waals surface area (Å²) in [6, 6.07) is 17.8. The molecule has 0 spiro atoms. The van der Waals surface area contributed by atoms with Gasteiger partial charge in [-0.05, 0) is 67.6 Å². The molecule has 0 radical (unpaired) electrons. The van der Waals surface area contributed by atoms with Crippen LogP contribution in [0.2, 0.25) is 0 Å². The van der Waals surface area contributed by atoms with E-state index in [0.717, 1.165) is 48.4 Å². The summed E-state index contributed by atoms with van der Waals surface area (Å²) in [6.45, 7) is 4.14. The molecule has 13 heteroatoms. The molecule has 0 bridgehead atoms. The number of piperidine rings is 2. The highest BCUT2D eigenvalue weighted by Crippen LogP contribution is 2.32. The number of likely N-dealkylation sites (tertiary alicyclic amines) is 1. The number of carbonyl (C=O) groups excluding carboxylic acids is 5. The van der Waals surface area contributed by atoms with Crippen molar-refractivity contribution in [3.05, 3.63) is 89.1 Å². The zero-order valence-electron chi connectivity index (χ0n) is 26.9. The molecule has 252 valence electrons. The van der Waals surface area contributed by atoms with Gasteiger partial charge in [-0.25, -0.2) is 4.68 Å². The number of rotatable bonds is 11. The zero-order chi connectivity index (χ0) is 34.1. The predicted molar refractivity (Wildman–Crippen MR) is 180 cm³/mol. The number of primary amides is 1. The Kier molecular flexibility index (Phi) is 8.93. The second kappa shape index (κ2) is 13.6. The Morgan fingerprint density at radius 3 is 2.59 bits per heavy atom. The van der Waals surface area contributed by atoms with Gasteiger partial charge in [0.25, 0.3) is 17.7 Å². The third kappa shape index (κ3) is 6.42. The first-order chi connectivity index (χ1) is 23.8. The molecule has 4 aromatic rings. The first-order valence-corrected chi connectivity index (χ1v) is 16.6. The van der Waals surface area contributed by atoms with E-state index in [9.17, 15) is 24.0 Å². The van der Waals surface area contributed by atoms with E-state index in [1.165, 1.54) is 5.56 Å². The first-order valence-electron chi connectivity index (χ1n) is 16.6. The van der Waals surface area contributed by atoms with E-state index >= 15 is 0 Å². The summed E-state index contributed by atoms with van der Waals surface area (Å²) >= 11 is 0. The number of ether oxygens (including phenoxy) is 1. The van der Waals surface area contributed by atoms with Crippen molar-refractivity contribution in [1.29, 1.82) is 0 Å². The molecular formula is C36H37N7O6. The summed E-state index contributed by atoms with van der Waals surface area (Å²) in [5, 5.41) is 10.9. The fourth-order valence-corrected chi connectivity index (χ4v) is 7.02. The van der Waals surface area contributed by atoms with Gasteiger partial charge in [0.05, 0.1) is 35.6 Å². The Balaban J connectivity index is 0.884. The number of nitrogens with zero attached hydrogens (tertiary/aromatic N) is 4. The number of hydrogen-bond donors (Lipinski definition) is 3. The molecule has 5 amide bonds. The minimum Gasteiger partial charge on any atom is -0.382 e. The van der Waals surface area contributed by atoms with E-state index in [-0.39, 0.29) is 24.0 Å². The quantitative estimate of drug-likeness (QED) is 0.161. The second-order valence-corrected chi connectivity index (χ2v) is 12.6. The van der Waals surface area contributed by atoms with Crippen molar-refractivity contribution in [3.63, 3.8) is 0 Å². The van der Waals surface area contributed by atoms with Crippen LogP contribution < -0.4 is 16.4 Å². The molecule has 2 atom stereocenters. The Morgan fingerprint density at radius 1 is 0.980 bits per heavy atom. The average molecular weight is 664 g/mol. The molecule has 0 aliphatic carbocycles. The molecule has 3 aromatic carbocycles. The van der Waals surface area contributed by atoms with Crippen LogP contribution in [-0.2, 0) is 14.3 Å². The van der Waals surface area contributed by atoms with Crippen molar-refractivity contribution in [2.75, 3.05) is 44.7 Å². The van der Waals surface area contributed by atoms with Gasteiger partial charge >= 0.3 is 0 Å². The highest BCUT2D eigenvalue weighted by molar-refractivity contribution is 6.25. The molecule has 1 aromatic heterocycles. The minimum atomic E-state index is -1.00. The summed E-state index contributed by atoms with van der Waals surface area (Å²) in [5.41, 5.74) is 9.69. The van der Waals surface area contributed by atoms with Crippen molar-refractivity contribution >= 4 is 46.1 Å². The molecule has 2 fully saturated rings. The van der Waals surface area contributed by atoms with E-state index in [4.69, 9.17) is 10.5 Å². The molecule has 1 unspecified atom stereocenters. The van der Waals surface area contributed by atoms with Crippen LogP contribution in [0, 0.1) is 0 Å². The Hall–Kier alpha value is -5.40. The van der Waals surface area contributed by atoms with Crippen molar-refractivity contribution in [1.82, 2.24) is 24.9 Å². The van der Waals surface area contributed by atoms with E-state index in [1.54, 1.807) is 35.0 Å². The standard InChI is InChI=1S/C36H37N7O6/c37-33(45)27-7-1-4-24-21-42(40-32(24)27)25-11-9-22(10-12-25)23-5-3-16-41(20-23)17-19-49-18-15-38-28-8-2-6-26-31(28)36(48)43(35(26)47)29-13-14-30(44)39-34(29)46/h1-2,4,6-12,21,23,29,38H,3,5,13-20H2,(H2,37,45)(H,39,44,46)/t23-,29?/m1/s1. The van der Waals surface area contributed by atoms with Gasteiger partial charge < -0.3 is 20.7 Å². The Bertz CT molecular complexity index is 1950. The van der Waals surface area contributed by atoms with E-state index in [1.807, 2.05) is 12.3 Å². The highest BCUT2D eigenvalue weighted by atomic mass is 16.5. The lowest BCUT2D eigenvalue weighted by Crippen LogP contribution is -2.54. The number of amides is 5. The number of fused-ring (bicyclic) bond motifs is 2. The SMILES string of the molecule is NC(=O)c1cccc2cn(-c3ccc([C@@H]4CCCN(CCOCCNc5cccc6c5C(=O)N(C5CCC(=O)NC5=O)C6=O)C4)cc3)nc12. The van der Waals surface area contributed by atoms with Crippen molar-refractivity contribution in [3.8, 4) is 5.69 Å². The third-order valence-corrected chi connectivity index (χ3v) is 9.52. The molecule has 7 rings (SSSR count). The predicted octanol–water partition coefficient (Wildman–Crippen LogP) is 2.83. The summed E-state index contributed by atoms with van der Waals surface area (Å²) in [4.78, 5) is 65.5. The second-order valence-electron chi connectivity index (χ2n) is 12.6. The average Bonchev–Trinajstić information content (AvgIpc) is 3.65. The zero-order valence-corrected chi connectivity index (χ0v) is 26.9. The number of nitrogens with one attached hydrogen (secondary N) is 2. The molecule has 4 N–H and O–H groups in total. The Morgan fingerprint density at radius 2 is 1.80 bits per heavy atom. The molecule has 3 aliphatic rings. The van der Waals surface area contributed by atoms with Crippen molar-refractivity contribution < 1.29 is 28.7 Å². The number of imide groups is 2. The normalized spacial score (nSPS) is 19.7. The number of anilines is 1. The molecule has 0 saturated carbocycles. The molecule has 3 aliphatic heterocycles.